The molecule has 5 nitrogen and oxygen atoms in total. The number of nitrogens with zero attached hydrogens (tertiary/aromatic N) is 1. The molecule has 0 spiro atoms. The zero-order valence-electron chi connectivity index (χ0n) is 12.1. The molecule has 0 bridgehead atoms. The van der Waals surface area contributed by atoms with Gasteiger partial charge >= 0.3 is 0 Å². The molecule has 0 fully saturated rings. The van der Waals surface area contributed by atoms with Crippen molar-refractivity contribution in [2.45, 2.75) is 24.8 Å². The van der Waals surface area contributed by atoms with Gasteiger partial charge in [0.05, 0.1) is 5.69 Å². The maximum Gasteiger partial charge on any atom is 0.244 e. The summed E-state index contributed by atoms with van der Waals surface area (Å²) in [5.41, 5.74) is 1.47. The van der Waals surface area contributed by atoms with Crippen LogP contribution in [0.15, 0.2) is 53.7 Å². The van der Waals surface area contributed by atoms with Crippen LogP contribution in [0.4, 0.5) is 5.69 Å². The zero-order chi connectivity index (χ0) is 15.3. The third-order valence-electron chi connectivity index (χ3n) is 3.07. The highest BCUT2D eigenvalue weighted by molar-refractivity contribution is 7.89. The molecule has 1 aromatic carbocycles. The molecule has 112 valence electrons. The number of rotatable bonds is 6. The summed E-state index contributed by atoms with van der Waals surface area (Å²) in [6.07, 6.45) is 2.93. The van der Waals surface area contributed by atoms with Crippen molar-refractivity contribution >= 4 is 15.7 Å². The lowest BCUT2D eigenvalue weighted by molar-refractivity contribution is 0.567. The molecule has 0 aliphatic rings. The Balaban J connectivity index is 2.27. The molecule has 0 saturated carbocycles. The predicted molar refractivity (Wildman–Crippen MR) is 83.6 cm³/mol. The van der Waals surface area contributed by atoms with Crippen LogP contribution in [0.25, 0.3) is 0 Å². The van der Waals surface area contributed by atoms with Crippen molar-refractivity contribution in [2.75, 3.05) is 11.9 Å². The van der Waals surface area contributed by atoms with Crippen LogP contribution in [0, 0.1) is 0 Å². The first-order valence-electron chi connectivity index (χ1n) is 6.79. The van der Waals surface area contributed by atoms with Crippen molar-refractivity contribution in [3.63, 3.8) is 0 Å². The van der Waals surface area contributed by atoms with E-state index in [1.807, 2.05) is 44.2 Å². The van der Waals surface area contributed by atoms with Crippen LogP contribution in [-0.2, 0) is 10.0 Å². The number of hydrogen-bond donors (Lipinski definition) is 2. The highest BCUT2D eigenvalue weighted by atomic mass is 32.2. The predicted octanol–water partition coefficient (Wildman–Crippen LogP) is 2.55. The van der Waals surface area contributed by atoms with Gasteiger partial charge in [-0.3, -0.25) is 4.98 Å². The van der Waals surface area contributed by atoms with Crippen molar-refractivity contribution in [3.05, 3.63) is 54.4 Å². The van der Waals surface area contributed by atoms with Crippen LogP contribution >= 0.6 is 0 Å². The fourth-order valence-corrected chi connectivity index (χ4v) is 3.39. The van der Waals surface area contributed by atoms with Gasteiger partial charge in [-0.25, -0.2) is 13.1 Å². The lowest BCUT2D eigenvalue weighted by Gasteiger charge is -2.16. The van der Waals surface area contributed by atoms with E-state index in [1.165, 1.54) is 6.20 Å². The molecule has 2 rings (SSSR count). The van der Waals surface area contributed by atoms with E-state index >= 15 is 0 Å². The summed E-state index contributed by atoms with van der Waals surface area (Å²) in [5, 5.41) is 3.04. The van der Waals surface area contributed by atoms with Crippen molar-refractivity contribution in [3.8, 4) is 0 Å². The zero-order valence-corrected chi connectivity index (χ0v) is 12.9. The molecule has 2 N–H and O–H groups in total. The SMILES string of the molecule is CCNc1ccncc1S(=O)(=O)NC(C)c1ccccc1. The minimum absolute atomic E-state index is 0.162. The van der Waals surface area contributed by atoms with Crippen molar-refractivity contribution in [1.29, 1.82) is 0 Å². The van der Waals surface area contributed by atoms with E-state index in [4.69, 9.17) is 0 Å². The minimum Gasteiger partial charge on any atom is -0.384 e. The van der Waals surface area contributed by atoms with Gasteiger partial charge in [0, 0.05) is 25.0 Å². The van der Waals surface area contributed by atoms with Gasteiger partial charge in [-0.15, -0.1) is 0 Å². The van der Waals surface area contributed by atoms with Crippen LogP contribution in [0.3, 0.4) is 0 Å². The lowest BCUT2D eigenvalue weighted by atomic mass is 10.1. The standard InChI is InChI=1S/C15H19N3O2S/c1-3-17-14-9-10-16-11-15(14)21(19,20)18-12(2)13-7-5-4-6-8-13/h4-12,18H,3H2,1-2H3,(H,16,17). The van der Waals surface area contributed by atoms with Crippen LogP contribution in [-0.4, -0.2) is 19.9 Å². The molecule has 0 aliphatic heterocycles. The molecule has 2 aromatic rings. The Morgan fingerprint density at radius 3 is 2.57 bits per heavy atom. The molecule has 0 amide bonds. The Morgan fingerprint density at radius 1 is 1.19 bits per heavy atom. The summed E-state index contributed by atoms with van der Waals surface area (Å²) in [5.74, 6) is 0. The van der Waals surface area contributed by atoms with Gasteiger partial charge < -0.3 is 5.32 Å². The number of pyridine rings is 1. The second kappa shape index (κ2) is 6.69. The second-order valence-corrected chi connectivity index (χ2v) is 6.34. The Kier molecular flexibility index (Phi) is 4.93. The fraction of sp³-hybridized carbons (Fsp3) is 0.267. The molecule has 1 aromatic heterocycles. The highest BCUT2D eigenvalue weighted by Gasteiger charge is 2.21. The van der Waals surface area contributed by atoms with E-state index in [0.717, 1.165) is 5.56 Å². The van der Waals surface area contributed by atoms with E-state index in [9.17, 15) is 8.42 Å². The average molecular weight is 305 g/mol. The normalized spacial score (nSPS) is 12.9. The summed E-state index contributed by atoms with van der Waals surface area (Å²) in [7, 11) is -3.64. The van der Waals surface area contributed by atoms with E-state index in [1.54, 1.807) is 12.3 Å². The minimum atomic E-state index is -3.64. The topological polar surface area (TPSA) is 71.1 Å². The van der Waals surface area contributed by atoms with Crippen molar-refractivity contribution in [1.82, 2.24) is 9.71 Å². The fourth-order valence-electron chi connectivity index (χ4n) is 2.04. The monoisotopic (exact) mass is 305 g/mol. The van der Waals surface area contributed by atoms with Crippen LogP contribution < -0.4 is 10.0 Å². The maximum atomic E-state index is 12.5. The molecule has 1 atom stereocenters. The van der Waals surface area contributed by atoms with Crippen molar-refractivity contribution < 1.29 is 8.42 Å². The van der Waals surface area contributed by atoms with Gasteiger partial charge in [0.15, 0.2) is 0 Å². The average Bonchev–Trinajstić information content (AvgIpc) is 2.48. The number of aromatic nitrogens is 1. The van der Waals surface area contributed by atoms with Crippen molar-refractivity contribution in [2.24, 2.45) is 0 Å². The summed E-state index contributed by atoms with van der Waals surface area (Å²) in [6.45, 7) is 4.37. The Labute approximate surface area is 125 Å². The molecule has 1 heterocycles. The Morgan fingerprint density at radius 2 is 1.90 bits per heavy atom. The number of nitrogens with one attached hydrogen (secondary N) is 2. The second-order valence-electron chi connectivity index (χ2n) is 4.66. The van der Waals surface area contributed by atoms with Gasteiger partial charge in [0.1, 0.15) is 4.90 Å². The molecule has 0 saturated heterocycles. The number of hydrogen-bond acceptors (Lipinski definition) is 4. The molecular formula is C15H19N3O2S. The summed E-state index contributed by atoms with van der Waals surface area (Å²) in [6, 6.07) is 10.8. The largest absolute Gasteiger partial charge is 0.384 e. The summed E-state index contributed by atoms with van der Waals surface area (Å²) in [4.78, 5) is 4.08. The first-order chi connectivity index (χ1) is 10.0. The van der Waals surface area contributed by atoms with E-state index < -0.39 is 10.0 Å². The molecule has 21 heavy (non-hydrogen) atoms. The van der Waals surface area contributed by atoms with E-state index in [2.05, 4.69) is 15.0 Å². The quantitative estimate of drug-likeness (QED) is 0.860. The van der Waals surface area contributed by atoms with Gasteiger partial charge in [-0.1, -0.05) is 30.3 Å². The molecular weight excluding hydrogens is 286 g/mol. The first kappa shape index (κ1) is 15.5. The van der Waals surface area contributed by atoms with Gasteiger partial charge in [-0.2, -0.15) is 0 Å². The molecule has 0 radical (unpaired) electrons. The van der Waals surface area contributed by atoms with Crippen LogP contribution in [0.2, 0.25) is 0 Å². The van der Waals surface area contributed by atoms with E-state index in [0.29, 0.717) is 12.2 Å². The lowest BCUT2D eigenvalue weighted by Crippen LogP contribution is -2.27. The third-order valence-corrected chi connectivity index (χ3v) is 4.64. The maximum absolute atomic E-state index is 12.5. The van der Waals surface area contributed by atoms with Crippen LogP contribution in [0.1, 0.15) is 25.5 Å². The Hall–Kier alpha value is -1.92. The van der Waals surface area contributed by atoms with Gasteiger partial charge in [-0.05, 0) is 25.5 Å². The smallest absolute Gasteiger partial charge is 0.244 e. The molecule has 0 aliphatic carbocycles. The number of benzene rings is 1. The first-order valence-corrected chi connectivity index (χ1v) is 8.28. The summed E-state index contributed by atoms with van der Waals surface area (Å²) >= 11 is 0. The number of sulfonamides is 1. The van der Waals surface area contributed by atoms with Gasteiger partial charge in [0.2, 0.25) is 10.0 Å². The Bertz CT molecular complexity index is 687. The highest BCUT2D eigenvalue weighted by Crippen LogP contribution is 2.22. The van der Waals surface area contributed by atoms with E-state index in [-0.39, 0.29) is 10.9 Å². The summed E-state index contributed by atoms with van der Waals surface area (Å²) < 4.78 is 27.7. The van der Waals surface area contributed by atoms with Crippen LogP contribution in [0.5, 0.6) is 0 Å². The number of anilines is 1. The molecule has 1 unspecified atom stereocenters. The third kappa shape index (κ3) is 3.80. The van der Waals surface area contributed by atoms with Gasteiger partial charge in [0.25, 0.3) is 0 Å². The molecule has 6 heteroatoms.